The molecule has 0 radical (unpaired) electrons. The summed E-state index contributed by atoms with van der Waals surface area (Å²) in [5, 5.41) is 7.76. The molecule has 0 atom stereocenters. The van der Waals surface area contributed by atoms with E-state index in [1.807, 2.05) is 17.9 Å². The van der Waals surface area contributed by atoms with Gasteiger partial charge in [-0.3, -0.25) is 9.58 Å². The molecule has 16 heavy (non-hydrogen) atoms. The molecule has 1 aliphatic heterocycles. The summed E-state index contributed by atoms with van der Waals surface area (Å²) in [6.07, 6.45) is 2.03. The molecule has 0 unspecified atom stereocenters. The lowest BCUT2D eigenvalue weighted by molar-refractivity contribution is 0.232. The first-order valence-electron chi connectivity index (χ1n) is 6.12. The summed E-state index contributed by atoms with van der Waals surface area (Å²) < 4.78 is 2.02. The monoisotopic (exact) mass is 222 g/mol. The molecule has 1 fully saturated rings. The second-order valence-corrected chi connectivity index (χ2v) is 4.86. The third-order valence-corrected chi connectivity index (χ3v) is 3.21. The van der Waals surface area contributed by atoms with E-state index in [0.29, 0.717) is 5.92 Å². The summed E-state index contributed by atoms with van der Waals surface area (Å²) in [7, 11) is 2.04. The van der Waals surface area contributed by atoms with E-state index in [1.54, 1.807) is 0 Å². The number of rotatable bonds is 3. The number of hydrogen-bond acceptors (Lipinski definition) is 3. The highest BCUT2D eigenvalue weighted by atomic mass is 15.3. The van der Waals surface area contributed by atoms with Crippen LogP contribution in [0.2, 0.25) is 0 Å². The fourth-order valence-electron chi connectivity index (χ4n) is 2.47. The van der Waals surface area contributed by atoms with Crippen LogP contribution in [-0.4, -0.2) is 40.9 Å². The summed E-state index contributed by atoms with van der Waals surface area (Å²) >= 11 is 0. The van der Waals surface area contributed by atoms with Gasteiger partial charge < -0.3 is 5.32 Å². The first-order chi connectivity index (χ1) is 7.68. The van der Waals surface area contributed by atoms with E-state index in [0.717, 1.165) is 32.7 Å². The van der Waals surface area contributed by atoms with Crippen molar-refractivity contribution in [3.8, 4) is 0 Å². The third kappa shape index (κ3) is 2.44. The Morgan fingerprint density at radius 1 is 1.38 bits per heavy atom. The van der Waals surface area contributed by atoms with E-state index in [9.17, 15) is 0 Å². The Bertz CT molecular complexity index is 337. The van der Waals surface area contributed by atoms with Gasteiger partial charge in [-0.15, -0.1) is 0 Å². The molecular formula is C12H22N4. The standard InChI is InChI=1S/C12H22N4/c1-10(2)12-11(8-14-15(12)3)9-16-6-4-13-5-7-16/h8,10,13H,4-7,9H2,1-3H3. The van der Waals surface area contributed by atoms with Gasteiger partial charge in [-0.25, -0.2) is 0 Å². The molecule has 0 aromatic carbocycles. The first kappa shape index (κ1) is 11.6. The molecule has 90 valence electrons. The minimum atomic E-state index is 0.547. The zero-order valence-corrected chi connectivity index (χ0v) is 10.5. The summed E-state index contributed by atoms with van der Waals surface area (Å²) in [6, 6.07) is 0. The van der Waals surface area contributed by atoms with E-state index in [1.165, 1.54) is 11.3 Å². The van der Waals surface area contributed by atoms with Gasteiger partial charge in [0.2, 0.25) is 0 Å². The van der Waals surface area contributed by atoms with Crippen molar-refractivity contribution < 1.29 is 0 Å². The molecule has 0 aliphatic carbocycles. The van der Waals surface area contributed by atoms with Crippen molar-refractivity contribution in [3.63, 3.8) is 0 Å². The van der Waals surface area contributed by atoms with Crippen molar-refractivity contribution >= 4 is 0 Å². The number of aromatic nitrogens is 2. The molecule has 0 amide bonds. The second-order valence-electron chi connectivity index (χ2n) is 4.86. The lowest BCUT2D eigenvalue weighted by Crippen LogP contribution is -2.43. The van der Waals surface area contributed by atoms with E-state index in [2.05, 4.69) is 29.2 Å². The van der Waals surface area contributed by atoms with Gasteiger partial charge >= 0.3 is 0 Å². The van der Waals surface area contributed by atoms with Gasteiger partial charge in [0.25, 0.3) is 0 Å². The molecule has 4 nitrogen and oxygen atoms in total. The topological polar surface area (TPSA) is 33.1 Å². The zero-order chi connectivity index (χ0) is 11.5. The van der Waals surface area contributed by atoms with E-state index >= 15 is 0 Å². The average Bonchev–Trinajstić information content (AvgIpc) is 2.61. The van der Waals surface area contributed by atoms with Gasteiger partial charge in [0.15, 0.2) is 0 Å². The van der Waals surface area contributed by atoms with E-state index in [-0.39, 0.29) is 0 Å². The van der Waals surface area contributed by atoms with Crippen LogP contribution < -0.4 is 5.32 Å². The summed E-state index contributed by atoms with van der Waals surface area (Å²) in [5.41, 5.74) is 2.76. The number of nitrogens with one attached hydrogen (secondary N) is 1. The quantitative estimate of drug-likeness (QED) is 0.826. The van der Waals surface area contributed by atoms with Crippen molar-refractivity contribution in [2.75, 3.05) is 26.2 Å². The van der Waals surface area contributed by atoms with Gasteiger partial charge in [0.05, 0.1) is 6.20 Å². The van der Waals surface area contributed by atoms with Gasteiger partial charge in [0, 0.05) is 51.0 Å². The number of hydrogen-bond donors (Lipinski definition) is 1. The minimum absolute atomic E-state index is 0.547. The molecule has 2 heterocycles. The Balaban J connectivity index is 2.08. The summed E-state index contributed by atoms with van der Waals surface area (Å²) in [6.45, 7) is 10.0. The van der Waals surface area contributed by atoms with Crippen molar-refractivity contribution in [3.05, 3.63) is 17.5 Å². The molecule has 1 aromatic heterocycles. The van der Waals surface area contributed by atoms with E-state index < -0.39 is 0 Å². The van der Waals surface area contributed by atoms with Crippen LogP contribution >= 0.6 is 0 Å². The van der Waals surface area contributed by atoms with Crippen molar-refractivity contribution in [1.82, 2.24) is 20.0 Å². The molecule has 1 aromatic rings. The lowest BCUT2D eigenvalue weighted by atomic mass is 10.1. The van der Waals surface area contributed by atoms with Gasteiger partial charge in [-0.1, -0.05) is 13.8 Å². The van der Waals surface area contributed by atoms with Crippen LogP contribution in [0.4, 0.5) is 0 Å². The third-order valence-electron chi connectivity index (χ3n) is 3.21. The van der Waals surface area contributed by atoms with Crippen LogP contribution in [0.1, 0.15) is 31.0 Å². The molecule has 1 N–H and O–H groups in total. The predicted octanol–water partition coefficient (Wildman–Crippen LogP) is 0.949. The molecule has 0 bridgehead atoms. The average molecular weight is 222 g/mol. The molecule has 4 heteroatoms. The maximum absolute atomic E-state index is 4.38. The van der Waals surface area contributed by atoms with Gasteiger partial charge in [-0.05, 0) is 5.92 Å². The molecule has 1 saturated heterocycles. The van der Waals surface area contributed by atoms with Crippen LogP contribution in [0.25, 0.3) is 0 Å². The zero-order valence-electron chi connectivity index (χ0n) is 10.5. The Hall–Kier alpha value is -0.870. The fraction of sp³-hybridized carbons (Fsp3) is 0.750. The van der Waals surface area contributed by atoms with Crippen LogP contribution in [0, 0.1) is 0 Å². The fourth-order valence-corrected chi connectivity index (χ4v) is 2.47. The number of piperazine rings is 1. The maximum Gasteiger partial charge on any atom is 0.0537 e. The highest BCUT2D eigenvalue weighted by molar-refractivity contribution is 5.20. The van der Waals surface area contributed by atoms with Crippen LogP contribution in [0.3, 0.4) is 0 Å². The predicted molar refractivity (Wildman–Crippen MR) is 65.4 cm³/mol. The first-order valence-corrected chi connectivity index (χ1v) is 6.12. The maximum atomic E-state index is 4.38. The Kier molecular flexibility index (Phi) is 3.61. The molecule has 2 rings (SSSR count). The Labute approximate surface area is 97.6 Å². The molecule has 0 spiro atoms. The number of nitrogens with zero attached hydrogens (tertiary/aromatic N) is 3. The minimum Gasteiger partial charge on any atom is -0.314 e. The summed E-state index contributed by atoms with van der Waals surface area (Å²) in [5.74, 6) is 0.547. The number of aryl methyl sites for hydroxylation is 1. The second kappa shape index (κ2) is 4.97. The Morgan fingerprint density at radius 2 is 2.06 bits per heavy atom. The summed E-state index contributed by atoms with van der Waals surface area (Å²) in [4.78, 5) is 2.50. The van der Waals surface area contributed by atoms with Gasteiger partial charge in [0.1, 0.15) is 0 Å². The SMILES string of the molecule is CC(C)c1c(CN2CCNCC2)cnn1C. The Morgan fingerprint density at radius 3 is 2.69 bits per heavy atom. The van der Waals surface area contributed by atoms with Gasteiger partial charge in [-0.2, -0.15) is 5.10 Å². The van der Waals surface area contributed by atoms with Crippen molar-refractivity contribution in [2.45, 2.75) is 26.3 Å². The highest BCUT2D eigenvalue weighted by Crippen LogP contribution is 2.20. The van der Waals surface area contributed by atoms with Crippen molar-refractivity contribution in [1.29, 1.82) is 0 Å². The molecular weight excluding hydrogens is 200 g/mol. The molecule has 0 saturated carbocycles. The lowest BCUT2D eigenvalue weighted by Gasteiger charge is -2.27. The van der Waals surface area contributed by atoms with Crippen LogP contribution in [0.5, 0.6) is 0 Å². The largest absolute Gasteiger partial charge is 0.314 e. The highest BCUT2D eigenvalue weighted by Gasteiger charge is 2.16. The van der Waals surface area contributed by atoms with Crippen molar-refractivity contribution in [2.24, 2.45) is 7.05 Å². The normalized spacial score (nSPS) is 18.2. The van der Waals surface area contributed by atoms with E-state index in [4.69, 9.17) is 0 Å². The van der Waals surface area contributed by atoms with Crippen LogP contribution in [0.15, 0.2) is 6.20 Å². The van der Waals surface area contributed by atoms with Crippen LogP contribution in [-0.2, 0) is 13.6 Å². The molecule has 1 aliphatic rings. The smallest absolute Gasteiger partial charge is 0.0537 e.